The van der Waals surface area contributed by atoms with Crippen molar-refractivity contribution in [3.05, 3.63) is 54.1 Å². The first-order valence-corrected chi connectivity index (χ1v) is 8.66. The number of nitrogens with zero attached hydrogens (tertiary/aromatic N) is 3. The van der Waals surface area contributed by atoms with E-state index in [1.807, 2.05) is 12.1 Å². The van der Waals surface area contributed by atoms with E-state index in [1.165, 1.54) is 28.6 Å². The van der Waals surface area contributed by atoms with Crippen LogP contribution in [0.4, 0.5) is 13.2 Å². The standard InChI is InChI=1S/C17H15F3N4O2S/c1-25-13-8-4-12(5-9-13)15-22-23-16(24(15)21)27-10-11-2-6-14(7-3-11)26-17(18,19)20/h2-9H,10,21H2,1H3. The Morgan fingerprint density at radius 3 is 2.22 bits per heavy atom. The summed E-state index contributed by atoms with van der Waals surface area (Å²) in [4.78, 5) is 0. The van der Waals surface area contributed by atoms with E-state index in [9.17, 15) is 13.2 Å². The van der Waals surface area contributed by atoms with Crippen LogP contribution in [-0.2, 0) is 5.75 Å². The third-order valence-electron chi connectivity index (χ3n) is 3.54. The Balaban J connectivity index is 1.65. The van der Waals surface area contributed by atoms with Gasteiger partial charge in [0, 0.05) is 11.3 Å². The number of methoxy groups -OCH3 is 1. The highest BCUT2D eigenvalue weighted by atomic mass is 32.2. The van der Waals surface area contributed by atoms with E-state index in [0.717, 1.165) is 16.9 Å². The molecule has 27 heavy (non-hydrogen) atoms. The Kier molecular flexibility index (Phi) is 5.45. The largest absolute Gasteiger partial charge is 0.573 e. The molecule has 6 nitrogen and oxygen atoms in total. The lowest BCUT2D eigenvalue weighted by Gasteiger charge is -2.09. The fourth-order valence-corrected chi connectivity index (χ4v) is 3.06. The molecule has 0 atom stereocenters. The summed E-state index contributed by atoms with van der Waals surface area (Å²) in [5, 5.41) is 8.63. The van der Waals surface area contributed by atoms with Crippen LogP contribution in [0.2, 0.25) is 0 Å². The van der Waals surface area contributed by atoms with Crippen LogP contribution in [0.1, 0.15) is 5.56 Å². The van der Waals surface area contributed by atoms with Gasteiger partial charge in [0.05, 0.1) is 7.11 Å². The summed E-state index contributed by atoms with van der Waals surface area (Å²) in [6.45, 7) is 0. The molecule has 3 rings (SSSR count). The number of alkyl halides is 3. The average molecular weight is 396 g/mol. The molecule has 0 fully saturated rings. The number of nitrogen functional groups attached to an aromatic ring is 1. The van der Waals surface area contributed by atoms with Gasteiger partial charge in [0.1, 0.15) is 11.5 Å². The number of thioether (sulfide) groups is 1. The normalized spacial score (nSPS) is 11.4. The van der Waals surface area contributed by atoms with Crippen LogP contribution in [0.15, 0.2) is 53.7 Å². The van der Waals surface area contributed by atoms with Gasteiger partial charge in [-0.1, -0.05) is 23.9 Å². The summed E-state index contributed by atoms with van der Waals surface area (Å²) < 4.78 is 46.9. The third-order valence-corrected chi connectivity index (χ3v) is 4.55. The first-order valence-electron chi connectivity index (χ1n) is 7.68. The van der Waals surface area contributed by atoms with E-state index < -0.39 is 6.36 Å². The van der Waals surface area contributed by atoms with Crippen molar-refractivity contribution in [2.75, 3.05) is 13.0 Å². The van der Waals surface area contributed by atoms with E-state index in [-0.39, 0.29) is 5.75 Å². The zero-order chi connectivity index (χ0) is 19.4. The van der Waals surface area contributed by atoms with Crippen molar-refractivity contribution < 1.29 is 22.6 Å². The van der Waals surface area contributed by atoms with Gasteiger partial charge in [0.25, 0.3) is 0 Å². The van der Waals surface area contributed by atoms with Crippen LogP contribution >= 0.6 is 11.8 Å². The number of halogens is 3. The Morgan fingerprint density at radius 2 is 1.63 bits per heavy atom. The quantitative estimate of drug-likeness (QED) is 0.504. The summed E-state index contributed by atoms with van der Waals surface area (Å²) in [6, 6.07) is 12.9. The zero-order valence-corrected chi connectivity index (χ0v) is 14.9. The van der Waals surface area contributed by atoms with Gasteiger partial charge >= 0.3 is 6.36 Å². The minimum absolute atomic E-state index is 0.264. The molecule has 2 N–H and O–H groups in total. The number of aromatic nitrogens is 3. The lowest BCUT2D eigenvalue weighted by atomic mass is 10.2. The second-order valence-corrected chi connectivity index (χ2v) is 6.33. The fourth-order valence-electron chi connectivity index (χ4n) is 2.25. The average Bonchev–Trinajstić information content (AvgIpc) is 3.00. The van der Waals surface area contributed by atoms with Crippen molar-refractivity contribution in [3.8, 4) is 22.9 Å². The van der Waals surface area contributed by atoms with Gasteiger partial charge in [-0.2, -0.15) is 0 Å². The zero-order valence-electron chi connectivity index (χ0n) is 14.1. The van der Waals surface area contributed by atoms with Gasteiger partial charge in [-0.15, -0.1) is 23.4 Å². The molecule has 0 spiro atoms. The summed E-state index contributed by atoms with van der Waals surface area (Å²) in [5.74, 6) is 7.47. The number of hydrogen-bond acceptors (Lipinski definition) is 6. The maximum atomic E-state index is 12.2. The van der Waals surface area contributed by atoms with Gasteiger partial charge in [-0.25, -0.2) is 4.68 Å². The Labute approximate surface area is 157 Å². The molecule has 0 unspecified atom stereocenters. The summed E-state index contributed by atoms with van der Waals surface area (Å²) >= 11 is 1.32. The fraction of sp³-hybridized carbons (Fsp3) is 0.176. The number of rotatable bonds is 6. The summed E-state index contributed by atoms with van der Waals surface area (Å²) in [5.41, 5.74) is 1.58. The molecule has 0 amide bonds. The molecule has 3 aromatic rings. The Hall–Kier alpha value is -2.88. The maximum Gasteiger partial charge on any atom is 0.573 e. The van der Waals surface area contributed by atoms with Crippen molar-refractivity contribution in [3.63, 3.8) is 0 Å². The van der Waals surface area contributed by atoms with Gasteiger partial charge < -0.3 is 15.3 Å². The van der Waals surface area contributed by atoms with E-state index in [1.54, 1.807) is 31.4 Å². The lowest BCUT2D eigenvalue weighted by Crippen LogP contribution is -2.17. The molecule has 0 aliphatic heterocycles. The van der Waals surface area contributed by atoms with Crippen molar-refractivity contribution in [2.24, 2.45) is 0 Å². The molecule has 0 aliphatic rings. The molecular formula is C17H15F3N4O2S. The molecule has 2 aromatic carbocycles. The summed E-state index contributed by atoms with van der Waals surface area (Å²) in [7, 11) is 1.58. The molecule has 0 aliphatic carbocycles. The predicted octanol–water partition coefficient (Wildman–Crippen LogP) is 3.86. The highest BCUT2D eigenvalue weighted by Gasteiger charge is 2.30. The van der Waals surface area contributed by atoms with Crippen molar-refractivity contribution in [1.29, 1.82) is 0 Å². The highest BCUT2D eigenvalue weighted by molar-refractivity contribution is 7.98. The number of benzene rings is 2. The van der Waals surface area contributed by atoms with Crippen LogP contribution in [0.25, 0.3) is 11.4 Å². The SMILES string of the molecule is COc1ccc(-c2nnc(SCc3ccc(OC(F)(F)F)cc3)n2N)cc1. The Bertz CT molecular complexity index is 896. The lowest BCUT2D eigenvalue weighted by molar-refractivity contribution is -0.274. The van der Waals surface area contributed by atoms with Crippen molar-refractivity contribution in [2.45, 2.75) is 17.3 Å². The van der Waals surface area contributed by atoms with Crippen LogP contribution in [0, 0.1) is 0 Å². The van der Waals surface area contributed by atoms with E-state index >= 15 is 0 Å². The van der Waals surface area contributed by atoms with Crippen molar-refractivity contribution >= 4 is 11.8 Å². The second kappa shape index (κ2) is 7.78. The van der Waals surface area contributed by atoms with Crippen molar-refractivity contribution in [1.82, 2.24) is 14.9 Å². The van der Waals surface area contributed by atoms with E-state index in [4.69, 9.17) is 10.6 Å². The number of hydrogen-bond donors (Lipinski definition) is 1. The minimum Gasteiger partial charge on any atom is -0.497 e. The van der Waals surface area contributed by atoms with Crippen LogP contribution in [0.3, 0.4) is 0 Å². The topological polar surface area (TPSA) is 75.2 Å². The Morgan fingerprint density at radius 1 is 1.00 bits per heavy atom. The maximum absolute atomic E-state index is 12.2. The van der Waals surface area contributed by atoms with E-state index in [0.29, 0.717) is 16.7 Å². The molecule has 142 valence electrons. The monoisotopic (exact) mass is 396 g/mol. The van der Waals surface area contributed by atoms with Gasteiger partial charge in [0.2, 0.25) is 5.16 Å². The first-order chi connectivity index (χ1) is 12.9. The molecule has 0 bridgehead atoms. The van der Waals surface area contributed by atoms with Crippen LogP contribution in [-0.4, -0.2) is 28.3 Å². The number of nitrogens with two attached hydrogens (primary N) is 1. The molecule has 0 saturated heterocycles. The minimum atomic E-state index is -4.70. The number of ether oxygens (including phenoxy) is 2. The third kappa shape index (κ3) is 4.85. The molecule has 1 heterocycles. The molecular weight excluding hydrogens is 381 g/mol. The van der Waals surface area contributed by atoms with Crippen LogP contribution < -0.4 is 15.3 Å². The first kappa shape index (κ1) is 18.9. The highest BCUT2D eigenvalue weighted by Crippen LogP contribution is 2.27. The molecule has 0 saturated carbocycles. The van der Waals surface area contributed by atoms with Gasteiger partial charge in [0.15, 0.2) is 5.82 Å². The smallest absolute Gasteiger partial charge is 0.497 e. The second-order valence-electron chi connectivity index (χ2n) is 5.39. The molecule has 1 aromatic heterocycles. The predicted molar refractivity (Wildman–Crippen MR) is 94.8 cm³/mol. The van der Waals surface area contributed by atoms with Crippen LogP contribution in [0.5, 0.6) is 11.5 Å². The van der Waals surface area contributed by atoms with E-state index in [2.05, 4.69) is 14.9 Å². The van der Waals surface area contributed by atoms with Gasteiger partial charge in [-0.05, 0) is 42.0 Å². The molecule has 0 radical (unpaired) electrons. The summed E-state index contributed by atoms with van der Waals surface area (Å²) in [6.07, 6.45) is -4.70. The molecule has 10 heteroatoms. The van der Waals surface area contributed by atoms with Gasteiger partial charge in [-0.3, -0.25) is 0 Å².